The van der Waals surface area contributed by atoms with Crippen molar-refractivity contribution in [1.82, 2.24) is 0 Å². The van der Waals surface area contributed by atoms with Gasteiger partial charge in [-0.2, -0.15) is 0 Å². The second-order valence-corrected chi connectivity index (χ2v) is 9.66. The van der Waals surface area contributed by atoms with Gasteiger partial charge in [0.1, 0.15) is 0 Å². The van der Waals surface area contributed by atoms with E-state index < -0.39 is 6.29 Å². The van der Waals surface area contributed by atoms with Gasteiger partial charge in [-0.3, -0.25) is 0 Å². The third kappa shape index (κ3) is 6.75. The summed E-state index contributed by atoms with van der Waals surface area (Å²) in [7, 11) is 0. The molecular formula is C25H42O6. The molecule has 3 saturated heterocycles. The van der Waals surface area contributed by atoms with Crippen molar-refractivity contribution in [3.8, 4) is 0 Å². The van der Waals surface area contributed by atoms with E-state index >= 15 is 0 Å². The van der Waals surface area contributed by atoms with Crippen LogP contribution in [-0.2, 0) is 23.7 Å². The van der Waals surface area contributed by atoms with Crippen LogP contribution in [0.4, 0.5) is 0 Å². The molecule has 178 valence electrons. The lowest BCUT2D eigenvalue weighted by molar-refractivity contribution is -0.196. The van der Waals surface area contributed by atoms with E-state index in [2.05, 4.69) is 19.1 Å². The van der Waals surface area contributed by atoms with Gasteiger partial charge in [-0.25, -0.2) is 0 Å². The maximum absolute atomic E-state index is 10.0. The largest absolute Gasteiger partial charge is 0.368 e. The normalized spacial score (nSPS) is 39.7. The fraction of sp³-hybridized carbons (Fsp3) is 0.920. The number of hydrogen-bond acceptors (Lipinski definition) is 6. The molecule has 0 aromatic carbocycles. The lowest BCUT2D eigenvalue weighted by Crippen LogP contribution is -2.31. The summed E-state index contributed by atoms with van der Waals surface area (Å²) in [4.78, 5) is 0. The quantitative estimate of drug-likeness (QED) is 0.394. The van der Waals surface area contributed by atoms with Crippen LogP contribution in [0.1, 0.15) is 84.0 Å². The van der Waals surface area contributed by atoms with Gasteiger partial charge >= 0.3 is 0 Å². The molecule has 4 rings (SSSR count). The van der Waals surface area contributed by atoms with Crippen molar-refractivity contribution in [2.24, 2.45) is 11.8 Å². The van der Waals surface area contributed by atoms with E-state index in [9.17, 15) is 5.11 Å². The molecule has 1 saturated carbocycles. The number of ether oxygens (including phenoxy) is 5. The Morgan fingerprint density at radius 3 is 2.48 bits per heavy atom. The van der Waals surface area contributed by atoms with Crippen LogP contribution in [0.2, 0.25) is 0 Å². The van der Waals surface area contributed by atoms with Crippen LogP contribution in [-0.4, -0.2) is 55.5 Å². The first-order valence-corrected chi connectivity index (χ1v) is 12.8. The maximum Gasteiger partial charge on any atom is 0.158 e. The predicted molar refractivity (Wildman–Crippen MR) is 117 cm³/mol. The predicted octanol–water partition coefficient (Wildman–Crippen LogP) is 4.69. The Balaban J connectivity index is 1.40. The molecule has 6 nitrogen and oxygen atoms in total. The molecule has 0 amide bonds. The molecule has 8 atom stereocenters. The van der Waals surface area contributed by atoms with E-state index in [1.165, 1.54) is 19.3 Å². The first kappa shape index (κ1) is 23.7. The van der Waals surface area contributed by atoms with Crippen LogP contribution < -0.4 is 0 Å². The van der Waals surface area contributed by atoms with Crippen LogP contribution in [0.25, 0.3) is 0 Å². The second kappa shape index (κ2) is 12.1. The lowest BCUT2D eigenvalue weighted by Gasteiger charge is -2.30. The number of fused-ring (bicyclic) bond motifs is 1. The Morgan fingerprint density at radius 2 is 1.77 bits per heavy atom. The third-order valence-corrected chi connectivity index (χ3v) is 7.24. The first-order chi connectivity index (χ1) is 15.2. The van der Waals surface area contributed by atoms with Gasteiger partial charge in [0.2, 0.25) is 0 Å². The van der Waals surface area contributed by atoms with E-state index in [-0.39, 0.29) is 36.8 Å². The Bertz CT molecular complexity index is 542. The number of aliphatic hydroxyl groups is 1. The van der Waals surface area contributed by atoms with Crippen LogP contribution in [0, 0.1) is 11.8 Å². The van der Waals surface area contributed by atoms with Crippen molar-refractivity contribution in [1.29, 1.82) is 0 Å². The second-order valence-electron chi connectivity index (χ2n) is 9.66. The fourth-order valence-electron chi connectivity index (χ4n) is 5.54. The molecule has 3 aliphatic heterocycles. The van der Waals surface area contributed by atoms with Crippen molar-refractivity contribution < 1.29 is 28.8 Å². The van der Waals surface area contributed by atoms with Gasteiger partial charge in [-0.1, -0.05) is 38.3 Å². The summed E-state index contributed by atoms with van der Waals surface area (Å²) in [5, 5.41) is 10.0. The number of aliphatic hydroxyl groups excluding tert-OH is 1. The number of unbranched alkanes of at least 4 members (excludes halogenated alkanes) is 2. The van der Waals surface area contributed by atoms with Crippen LogP contribution in [0.3, 0.4) is 0 Å². The van der Waals surface area contributed by atoms with Crippen molar-refractivity contribution in [3.63, 3.8) is 0 Å². The summed E-state index contributed by atoms with van der Waals surface area (Å²) in [6.07, 6.45) is 16.5. The first-order valence-electron chi connectivity index (χ1n) is 12.8. The van der Waals surface area contributed by atoms with Gasteiger partial charge in [0.05, 0.1) is 18.3 Å². The smallest absolute Gasteiger partial charge is 0.158 e. The summed E-state index contributed by atoms with van der Waals surface area (Å²) in [5.74, 6) is 0.513. The molecule has 0 bridgehead atoms. The van der Waals surface area contributed by atoms with Crippen molar-refractivity contribution in [2.45, 2.75) is 121 Å². The van der Waals surface area contributed by atoms with Crippen molar-refractivity contribution >= 4 is 0 Å². The zero-order valence-corrected chi connectivity index (χ0v) is 19.2. The van der Waals surface area contributed by atoms with Crippen LogP contribution >= 0.6 is 0 Å². The molecule has 4 aliphatic rings. The Hall–Kier alpha value is -0.500. The summed E-state index contributed by atoms with van der Waals surface area (Å²) >= 11 is 0. The Morgan fingerprint density at radius 1 is 1.00 bits per heavy atom. The van der Waals surface area contributed by atoms with Gasteiger partial charge in [0, 0.05) is 32.0 Å². The molecule has 31 heavy (non-hydrogen) atoms. The Labute approximate surface area is 187 Å². The van der Waals surface area contributed by atoms with E-state index in [0.717, 1.165) is 64.6 Å². The third-order valence-electron chi connectivity index (χ3n) is 7.24. The highest BCUT2D eigenvalue weighted by molar-refractivity contribution is 5.07. The monoisotopic (exact) mass is 438 g/mol. The summed E-state index contributed by atoms with van der Waals surface area (Å²) < 4.78 is 30.3. The molecule has 0 aromatic heterocycles. The zero-order valence-electron chi connectivity index (χ0n) is 19.2. The standard InChI is InChI=1S/C25H42O6/c1-2-3-4-9-18(29-24-10-5-7-14-27-24)12-13-19-20-16-23(26)30-22(20)17-21(19)31-25-11-6-8-15-28-25/h12-13,18-26H,2-11,14-17H2,1H3/b13-12+/t18-,19-,20?,21-,22?,23+,24+,25-/m1/s1. The Kier molecular flexibility index (Phi) is 9.23. The fourth-order valence-corrected chi connectivity index (χ4v) is 5.54. The highest BCUT2D eigenvalue weighted by Gasteiger charge is 2.49. The minimum absolute atomic E-state index is 0.0625. The minimum Gasteiger partial charge on any atom is -0.368 e. The molecule has 4 fully saturated rings. The SMILES string of the molecule is CCCCC[C@H](/C=C/[C@@H]1C2C[C@@H](O)OC2C[C@H]1O[C@@H]1CCCCO1)O[C@H]1CCCCO1. The summed E-state index contributed by atoms with van der Waals surface area (Å²) in [6, 6.07) is 0. The maximum atomic E-state index is 10.0. The van der Waals surface area contributed by atoms with Crippen LogP contribution in [0.5, 0.6) is 0 Å². The van der Waals surface area contributed by atoms with E-state index in [1.54, 1.807) is 0 Å². The number of hydrogen-bond donors (Lipinski definition) is 1. The molecule has 0 radical (unpaired) electrons. The minimum atomic E-state index is -0.648. The van der Waals surface area contributed by atoms with Gasteiger partial charge in [0.25, 0.3) is 0 Å². The lowest BCUT2D eigenvalue weighted by atomic mass is 9.91. The molecule has 6 heteroatoms. The number of rotatable bonds is 10. The van der Waals surface area contributed by atoms with Crippen LogP contribution in [0.15, 0.2) is 12.2 Å². The zero-order chi connectivity index (χ0) is 21.5. The molecule has 1 aliphatic carbocycles. The summed E-state index contributed by atoms with van der Waals surface area (Å²) in [6.45, 7) is 3.82. The summed E-state index contributed by atoms with van der Waals surface area (Å²) in [5.41, 5.74) is 0. The van der Waals surface area contributed by atoms with Crippen molar-refractivity contribution in [2.75, 3.05) is 13.2 Å². The average molecular weight is 439 g/mol. The van der Waals surface area contributed by atoms with Gasteiger partial charge in [-0.05, 0) is 50.9 Å². The topological polar surface area (TPSA) is 66.4 Å². The van der Waals surface area contributed by atoms with Gasteiger partial charge < -0.3 is 28.8 Å². The van der Waals surface area contributed by atoms with Crippen molar-refractivity contribution in [3.05, 3.63) is 12.2 Å². The molecule has 2 unspecified atom stereocenters. The molecule has 0 aromatic rings. The van der Waals surface area contributed by atoms with Gasteiger partial charge in [-0.15, -0.1) is 0 Å². The van der Waals surface area contributed by atoms with E-state index in [4.69, 9.17) is 23.7 Å². The van der Waals surface area contributed by atoms with Gasteiger partial charge in [0.15, 0.2) is 18.9 Å². The molecular weight excluding hydrogens is 396 g/mol. The molecule has 1 N–H and O–H groups in total. The average Bonchev–Trinajstić information content (AvgIpc) is 3.29. The van der Waals surface area contributed by atoms with E-state index in [1.807, 2.05) is 0 Å². The molecule has 0 spiro atoms. The molecule has 3 heterocycles. The highest BCUT2D eigenvalue weighted by atomic mass is 16.7. The van der Waals surface area contributed by atoms with E-state index in [0.29, 0.717) is 12.3 Å². The highest BCUT2D eigenvalue weighted by Crippen LogP contribution is 2.45.